The maximum atomic E-state index is 18.0. The molecule has 0 saturated heterocycles. The number of anilines is 6. The van der Waals surface area contributed by atoms with E-state index < -0.39 is 0 Å². The zero-order valence-corrected chi connectivity index (χ0v) is 42.4. The minimum atomic E-state index is -0.330. The number of hydrogen-bond donors (Lipinski definition) is 0. The van der Waals surface area contributed by atoms with Crippen LogP contribution in [0.1, 0.15) is 33.4 Å². The molecule has 12 rings (SSSR count). The van der Waals surface area contributed by atoms with Crippen LogP contribution in [0, 0.1) is 53.2 Å². The normalized spacial score (nSPS) is 11.5. The quantitative estimate of drug-likeness (QED) is 0.126. The van der Waals surface area contributed by atoms with Crippen molar-refractivity contribution in [3.05, 3.63) is 263 Å². The first-order chi connectivity index (χ1) is 35.9. The van der Waals surface area contributed by atoms with E-state index in [-0.39, 0.29) is 11.6 Å². The molecule has 0 aliphatic heterocycles. The average Bonchev–Trinajstić information content (AvgIpc) is 3.40. The SMILES string of the molecule is Cc1cccc(-c2cc(F)c(N(c3cccc(C)c3)c3ccc4ccc5c(N(c6cccc(C)c6)c6c(F)cc(-c7cccc(C)c7)cc6-c6cccc(C)c6)ccc6ccc3c4c65)c(-c3cccc(C)c3)c2)c1. The molecule has 358 valence electrons. The van der Waals surface area contributed by atoms with E-state index in [4.69, 9.17) is 0 Å². The van der Waals surface area contributed by atoms with Gasteiger partial charge in [0, 0.05) is 33.3 Å². The number of aryl methyl sites for hydroxylation is 6. The molecule has 0 amide bonds. The lowest BCUT2D eigenvalue weighted by Crippen LogP contribution is -2.15. The molecular formula is C70H54F2N2. The van der Waals surface area contributed by atoms with Gasteiger partial charge in [0.05, 0.1) is 22.7 Å². The summed E-state index contributed by atoms with van der Waals surface area (Å²) in [5.41, 5.74) is 17.8. The lowest BCUT2D eigenvalue weighted by Gasteiger charge is -2.32. The summed E-state index contributed by atoms with van der Waals surface area (Å²) < 4.78 is 35.9. The molecule has 4 heteroatoms. The van der Waals surface area contributed by atoms with Crippen molar-refractivity contribution in [2.24, 2.45) is 0 Å². The van der Waals surface area contributed by atoms with Gasteiger partial charge in [-0.25, -0.2) is 8.78 Å². The van der Waals surface area contributed by atoms with Crippen LogP contribution < -0.4 is 9.80 Å². The van der Waals surface area contributed by atoms with Crippen molar-refractivity contribution in [3.8, 4) is 44.5 Å². The van der Waals surface area contributed by atoms with Crippen molar-refractivity contribution >= 4 is 66.4 Å². The molecule has 0 saturated carbocycles. The predicted octanol–water partition coefficient (Wildman–Crippen LogP) is 20.3. The second kappa shape index (κ2) is 18.6. The molecule has 0 unspecified atom stereocenters. The maximum Gasteiger partial charge on any atom is 0.148 e. The molecule has 0 spiro atoms. The molecule has 0 bridgehead atoms. The second-order valence-electron chi connectivity index (χ2n) is 20.1. The maximum absolute atomic E-state index is 18.0. The zero-order chi connectivity index (χ0) is 50.8. The van der Waals surface area contributed by atoms with Crippen molar-refractivity contribution in [3.63, 3.8) is 0 Å². The number of benzene rings is 12. The average molecular weight is 961 g/mol. The van der Waals surface area contributed by atoms with Gasteiger partial charge in [-0.1, -0.05) is 180 Å². The van der Waals surface area contributed by atoms with Gasteiger partial charge in [0.1, 0.15) is 11.6 Å². The first kappa shape index (κ1) is 46.2. The summed E-state index contributed by atoms with van der Waals surface area (Å²) in [6, 6.07) is 74.8. The van der Waals surface area contributed by atoms with E-state index in [1.807, 2.05) is 48.5 Å². The molecule has 0 fully saturated rings. The molecule has 12 aromatic carbocycles. The Morgan fingerprint density at radius 2 is 0.608 bits per heavy atom. The van der Waals surface area contributed by atoms with Gasteiger partial charge in [-0.15, -0.1) is 0 Å². The topological polar surface area (TPSA) is 6.48 Å². The van der Waals surface area contributed by atoms with Crippen LogP contribution in [0.25, 0.3) is 76.8 Å². The predicted molar refractivity (Wildman–Crippen MR) is 310 cm³/mol. The minimum Gasteiger partial charge on any atom is -0.307 e. The van der Waals surface area contributed by atoms with E-state index in [9.17, 15) is 0 Å². The second-order valence-corrected chi connectivity index (χ2v) is 20.1. The minimum absolute atomic E-state index is 0.330. The van der Waals surface area contributed by atoms with Crippen LogP contribution in [0.4, 0.5) is 42.9 Å². The van der Waals surface area contributed by atoms with E-state index >= 15 is 8.78 Å². The molecule has 0 aliphatic carbocycles. The van der Waals surface area contributed by atoms with Gasteiger partial charge >= 0.3 is 0 Å². The Kier molecular flexibility index (Phi) is 11.6. The molecule has 2 nitrogen and oxygen atoms in total. The molecule has 0 radical (unpaired) electrons. The van der Waals surface area contributed by atoms with Crippen LogP contribution >= 0.6 is 0 Å². The molecule has 0 aliphatic rings. The van der Waals surface area contributed by atoms with Crippen LogP contribution in [-0.2, 0) is 0 Å². The fourth-order valence-electron chi connectivity index (χ4n) is 11.2. The van der Waals surface area contributed by atoms with E-state index in [0.717, 1.165) is 133 Å². The van der Waals surface area contributed by atoms with Crippen molar-refractivity contribution in [2.75, 3.05) is 9.80 Å². The highest BCUT2D eigenvalue weighted by Crippen LogP contribution is 2.52. The third kappa shape index (κ3) is 8.32. The van der Waals surface area contributed by atoms with Crippen molar-refractivity contribution in [2.45, 2.75) is 41.5 Å². The molecule has 74 heavy (non-hydrogen) atoms. The van der Waals surface area contributed by atoms with Crippen molar-refractivity contribution in [1.29, 1.82) is 0 Å². The van der Waals surface area contributed by atoms with E-state index in [1.54, 1.807) is 12.1 Å². The van der Waals surface area contributed by atoms with E-state index in [1.165, 1.54) is 0 Å². The molecule has 12 aromatic rings. The van der Waals surface area contributed by atoms with Crippen LogP contribution in [0.3, 0.4) is 0 Å². The number of rotatable bonds is 10. The van der Waals surface area contributed by atoms with Gasteiger partial charge in [0.15, 0.2) is 0 Å². The first-order valence-electron chi connectivity index (χ1n) is 25.3. The lowest BCUT2D eigenvalue weighted by atomic mass is 9.90. The number of nitrogens with zero attached hydrogens (tertiary/aromatic N) is 2. The highest BCUT2D eigenvalue weighted by atomic mass is 19.1. The van der Waals surface area contributed by atoms with Gasteiger partial charge in [0.25, 0.3) is 0 Å². The Labute approximate surface area is 432 Å². The highest BCUT2D eigenvalue weighted by molar-refractivity contribution is 6.28. The molecule has 0 aromatic heterocycles. The largest absolute Gasteiger partial charge is 0.307 e. The third-order valence-corrected chi connectivity index (χ3v) is 14.6. The zero-order valence-electron chi connectivity index (χ0n) is 42.4. The van der Waals surface area contributed by atoms with Gasteiger partial charge in [0.2, 0.25) is 0 Å². The fraction of sp³-hybridized carbons (Fsp3) is 0.0857. The standard InChI is InChI=1S/C70H54F2N2/c1-43-13-7-19-51(33-43)55-39-61(53-21-9-15-45(3)35-53)69(63(71)41-55)73(57-23-11-17-47(5)37-57)65-31-27-49-26-30-60-66(32-28-50-25-29-59(65)67(49)68(50)60)74(58-24-12-18-48(6)38-58)70-62(54-22-10-16-46(4)36-54)40-56(42-64(70)72)52-20-8-14-44(2)34-52/h7-42H,1-6H3. The molecule has 0 N–H and O–H groups in total. The third-order valence-electron chi connectivity index (χ3n) is 14.6. The Hall–Kier alpha value is -8.86. The summed E-state index contributed by atoms with van der Waals surface area (Å²) in [5, 5.41) is 6.12. The molecule has 0 heterocycles. The summed E-state index contributed by atoms with van der Waals surface area (Å²) in [6.07, 6.45) is 0. The fourth-order valence-corrected chi connectivity index (χ4v) is 11.2. The first-order valence-corrected chi connectivity index (χ1v) is 25.3. The van der Waals surface area contributed by atoms with Crippen LogP contribution in [0.2, 0.25) is 0 Å². The lowest BCUT2D eigenvalue weighted by molar-refractivity contribution is 0.629. The van der Waals surface area contributed by atoms with Gasteiger partial charge < -0.3 is 9.80 Å². The monoisotopic (exact) mass is 960 g/mol. The van der Waals surface area contributed by atoms with Crippen molar-refractivity contribution < 1.29 is 8.78 Å². The molecule has 0 atom stereocenters. The number of halogens is 2. The summed E-state index contributed by atoms with van der Waals surface area (Å²) in [6.45, 7) is 12.4. The number of hydrogen-bond acceptors (Lipinski definition) is 2. The van der Waals surface area contributed by atoms with Gasteiger partial charge in [-0.2, -0.15) is 0 Å². The Morgan fingerprint density at radius 3 is 0.973 bits per heavy atom. The highest BCUT2D eigenvalue weighted by Gasteiger charge is 2.28. The Bertz CT molecular complexity index is 3880. The van der Waals surface area contributed by atoms with Crippen LogP contribution in [-0.4, -0.2) is 0 Å². The summed E-state index contributed by atoms with van der Waals surface area (Å²) in [4.78, 5) is 4.23. The molecular weight excluding hydrogens is 907 g/mol. The van der Waals surface area contributed by atoms with E-state index in [0.29, 0.717) is 11.4 Å². The smallest absolute Gasteiger partial charge is 0.148 e. The Morgan fingerprint density at radius 1 is 0.284 bits per heavy atom. The van der Waals surface area contributed by atoms with Crippen molar-refractivity contribution in [1.82, 2.24) is 0 Å². The summed E-state index contributed by atoms with van der Waals surface area (Å²) in [5.74, 6) is -0.660. The van der Waals surface area contributed by atoms with Crippen LogP contribution in [0.15, 0.2) is 218 Å². The Balaban J connectivity index is 1.13. The summed E-state index contributed by atoms with van der Waals surface area (Å²) in [7, 11) is 0. The van der Waals surface area contributed by atoms with Crippen LogP contribution in [0.5, 0.6) is 0 Å². The van der Waals surface area contributed by atoms with Gasteiger partial charge in [-0.05, 0) is 168 Å². The van der Waals surface area contributed by atoms with Gasteiger partial charge in [-0.3, -0.25) is 0 Å². The van der Waals surface area contributed by atoms with E-state index in [2.05, 4.69) is 209 Å². The summed E-state index contributed by atoms with van der Waals surface area (Å²) >= 11 is 0.